The first-order valence-corrected chi connectivity index (χ1v) is 16.0. The van der Waals surface area contributed by atoms with Crippen molar-refractivity contribution in [3.05, 3.63) is 81.8 Å². The number of nitrogens with one attached hydrogen (secondary N) is 2. The van der Waals surface area contributed by atoms with E-state index in [4.69, 9.17) is 38.9 Å². The van der Waals surface area contributed by atoms with Crippen molar-refractivity contribution in [2.75, 3.05) is 32.7 Å². The summed E-state index contributed by atoms with van der Waals surface area (Å²) in [5, 5.41) is 8.11. The zero-order valence-electron chi connectivity index (χ0n) is 25.8. The molecule has 238 valence electrons. The first kappa shape index (κ1) is 36.0. The van der Waals surface area contributed by atoms with Crippen molar-refractivity contribution in [2.45, 2.75) is 37.8 Å². The summed E-state index contributed by atoms with van der Waals surface area (Å²) < 4.78 is 10.7. The van der Waals surface area contributed by atoms with Gasteiger partial charge in [0.1, 0.15) is 0 Å². The number of nitrogens with zero attached hydrogens (tertiary/aromatic N) is 4. The Bertz CT molecular complexity index is 1660. The van der Waals surface area contributed by atoms with E-state index in [1.807, 2.05) is 12.1 Å². The Labute approximate surface area is 287 Å². The fourth-order valence-electron chi connectivity index (χ4n) is 5.66. The predicted octanol–water partition coefficient (Wildman–Crippen LogP) is 3.78. The van der Waals surface area contributed by atoms with Crippen LogP contribution < -0.4 is 10.6 Å². The minimum atomic E-state index is -0.945. The molecule has 4 radical (unpaired) electrons. The van der Waals surface area contributed by atoms with Gasteiger partial charge in [-0.15, -0.1) is 0 Å². The number of rotatable bonds is 12. The zero-order valence-corrected chi connectivity index (χ0v) is 27.3. The summed E-state index contributed by atoms with van der Waals surface area (Å²) in [6.07, 6.45) is 3.03. The van der Waals surface area contributed by atoms with Crippen LogP contribution in [0.2, 0.25) is 10.0 Å². The van der Waals surface area contributed by atoms with Gasteiger partial charge in [0.05, 0.1) is 0 Å². The average molecular weight is 669 g/mol. The molecule has 1 saturated heterocycles. The number of hydrogen-bond donors (Lipinski definition) is 2. The van der Waals surface area contributed by atoms with E-state index in [-0.39, 0.29) is 30.9 Å². The van der Waals surface area contributed by atoms with Crippen molar-refractivity contribution in [1.29, 1.82) is 0 Å². The molecular weight excluding hydrogens is 636 g/mol. The van der Waals surface area contributed by atoms with Crippen LogP contribution in [0, 0.1) is 0 Å². The van der Waals surface area contributed by atoms with E-state index in [1.54, 1.807) is 23.1 Å². The summed E-state index contributed by atoms with van der Waals surface area (Å²) in [5.74, 6) is -2.03. The smallest absolute Gasteiger partial charge is 0.289 e. The molecule has 4 rings (SSSR count). The summed E-state index contributed by atoms with van der Waals surface area (Å²) in [7, 11) is 11.1. The van der Waals surface area contributed by atoms with Gasteiger partial charge in [0.25, 0.3) is 0 Å². The fraction of sp³-hybridized carbons (Fsp3) is 0.344. The normalized spacial score (nSPS) is 16.2. The maximum absolute atomic E-state index is 14.0. The second-order valence-electron chi connectivity index (χ2n) is 11.2. The molecule has 1 aliphatic heterocycles. The van der Waals surface area contributed by atoms with E-state index in [9.17, 15) is 19.1 Å². The Kier molecular flexibility index (Phi) is 13.8. The summed E-state index contributed by atoms with van der Waals surface area (Å²) >= 11 is 12.5. The van der Waals surface area contributed by atoms with E-state index in [0.29, 0.717) is 55.2 Å². The summed E-state index contributed by atoms with van der Waals surface area (Å²) in [6, 6.07) is 18.5. The molecule has 3 amide bonds. The predicted molar refractivity (Wildman–Crippen MR) is 189 cm³/mol. The molecule has 0 unspecified atom stereocenters. The minimum absolute atomic E-state index is 0.0799. The first-order valence-electron chi connectivity index (χ1n) is 15.2. The molecule has 1 heterocycles. The first-order chi connectivity index (χ1) is 22.6. The van der Waals surface area contributed by atoms with Gasteiger partial charge in [-0.2, -0.15) is 0 Å². The zero-order chi connectivity index (χ0) is 33.8. The third kappa shape index (κ3) is 11.2. The number of piperazine rings is 1. The molecule has 2 N–H and O–H groups in total. The Hall–Kier alpha value is -3.80. The Morgan fingerprint density at radius 3 is 2.53 bits per heavy atom. The number of fused-ring (bicyclic) bond motifs is 1. The van der Waals surface area contributed by atoms with Gasteiger partial charge >= 0.3 is 154 Å². The summed E-state index contributed by atoms with van der Waals surface area (Å²) in [4.78, 5) is 49.5. The van der Waals surface area contributed by atoms with E-state index in [0.717, 1.165) is 19.1 Å². The van der Waals surface area contributed by atoms with E-state index in [1.165, 1.54) is 16.3 Å². The summed E-state index contributed by atoms with van der Waals surface area (Å²) in [5.41, 5.74) is 1.87. The number of carbonyl (C=O) groups excluding carboxylic acids is 3. The van der Waals surface area contributed by atoms with Gasteiger partial charge < -0.3 is 0 Å². The molecule has 0 aliphatic carbocycles. The number of hydrogen-bond acceptors (Lipinski definition) is 6. The number of amides is 3. The monoisotopic (exact) mass is 668 g/mol. The van der Waals surface area contributed by atoms with Crippen LogP contribution in [0.15, 0.2) is 70.6 Å². The molecule has 2 atom stereocenters. The van der Waals surface area contributed by atoms with Crippen molar-refractivity contribution in [1.82, 2.24) is 20.4 Å². The van der Waals surface area contributed by atoms with Crippen LogP contribution in [0.4, 0.5) is 9.59 Å². The Morgan fingerprint density at radius 1 is 1.02 bits per heavy atom. The Balaban J connectivity index is 1.49. The molecule has 10 nitrogen and oxygen atoms in total. The molecule has 0 bridgehead atoms. The fourth-order valence-corrected chi connectivity index (χ4v) is 6.14. The number of benzene rings is 3. The van der Waals surface area contributed by atoms with Gasteiger partial charge in [-0.1, -0.05) is 71.7 Å². The molecule has 3 aromatic carbocycles. The van der Waals surface area contributed by atoms with Crippen LogP contribution in [0.5, 0.6) is 0 Å². The topological polar surface area (TPSA) is 124 Å². The SMILES string of the molecule is [B]C(=O)NC(N=CB=O)=NCCC[C@H]1CN(CCc2ccc3ccccc3c2)CCN1C(=O)[C@@H](Cc1ccc(Cl)cc1Cl)NC([B])=O. The third-order valence-electron chi connectivity index (χ3n) is 7.88. The van der Waals surface area contributed by atoms with E-state index in [2.05, 4.69) is 55.9 Å². The van der Waals surface area contributed by atoms with Crippen molar-refractivity contribution in [3.63, 3.8) is 0 Å². The van der Waals surface area contributed by atoms with Crippen molar-refractivity contribution in [2.24, 2.45) is 9.98 Å². The second-order valence-corrected chi connectivity index (χ2v) is 12.0. The van der Waals surface area contributed by atoms with Crippen molar-refractivity contribution >= 4 is 86.4 Å². The van der Waals surface area contributed by atoms with E-state index >= 15 is 0 Å². The van der Waals surface area contributed by atoms with Gasteiger partial charge in [0.15, 0.2) is 5.81 Å². The minimum Gasteiger partial charge on any atom is -0.289 e. The molecule has 3 aromatic rings. The quantitative estimate of drug-likeness (QED) is 0.132. The number of aliphatic imine (C=N–C) groups is 2. The molecule has 47 heavy (non-hydrogen) atoms. The van der Waals surface area contributed by atoms with Crippen molar-refractivity contribution in [3.8, 4) is 0 Å². The van der Waals surface area contributed by atoms with Crippen LogP contribution in [0.1, 0.15) is 24.0 Å². The molecule has 15 heteroatoms. The molecule has 1 aliphatic rings. The van der Waals surface area contributed by atoms with Crippen LogP contribution in [0.25, 0.3) is 10.8 Å². The van der Waals surface area contributed by atoms with Crippen LogP contribution >= 0.6 is 23.2 Å². The summed E-state index contributed by atoms with van der Waals surface area (Å²) in [6.45, 7) is 2.74. The number of halogens is 2. The number of carbonyl (C=O) groups is 3. The molecule has 0 aromatic heterocycles. The van der Waals surface area contributed by atoms with Gasteiger partial charge in [-0.3, -0.25) is 4.79 Å². The van der Waals surface area contributed by atoms with Crippen molar-refractivity contribution < 1.29 is 19.1 Å². The van der Waals surface area contributed by atoms with Gasteiger partial charge in [-0.25, -0.2) is 0 Å². The average Bonchev–Trinajstić information content (AvgIpc) is 3.04. The standard InChI is InChI=1S/C32H33B3Cl2N6O4/c33-30(45)40-28(17-24-9-10-25(36)18-27(24)37)29(44)43-15-14-42(13-11-21-7-8-22-4-1-2-5-23(22)16-21)19-26(43)6-3-12-38-32(39-20-35-47)41-31(34)46/h1-2,4-5,7-10,16,18,20,26,28H,3,6,11-15,17,19H2,(H,40,45)(H,38,41,46)/t26-,28+/m0/s1. The second kappa shape index (κ2) is 17.9. The van der Waals surface area contributed by atoms with Crippen LogP contribution in [-0.2, 0) is 22.3 Å². The van der Waals surface area contributed by atoms with Crippen LogP contribution in [0.3, 0.4) is 0 Å². The third-order valence-corrected chi connectivity index (χ3v) is 8.47. The molecule has 0 spiro atoms. The molecule has 0 saturated carbocycles. The molecular formula is C32H33B3Cl2N6O4. The van der Waals surface area contributed by atoms with Crippen LogP contribution in [-0.4, -0.2) is 107 Å². The van der Waals surface area contributed by atoms with Gasteiger partial charge in [0, 0.05) is 10.0 Å². The number of guanidine groups is 1. The van der Waals surface area contributed by atoms with E-state index < -0.39 is 17.7 Å². The van der Waals surface area contributed by atoms with Gasteiger partial charge in [0.2, 0.25) is 7.85 Å². The van der Waals surface area contributed by atoms with Gasteiger partial charge in [-0.05, 0) is 34.0 Å². The molecule has 1 fully saturated rings. The maximum atomic E-state index is 14.0. The Morgan fingerprint density at radius 2 is 1.81 bits per heavy atom.